The Labute approximate surface area is 125 Å². The van der Waals surface area contributed by atoms with Gasteiger partial charge in [-0.25, -0.2) is 9.99 Å². The number of carbonyl (C=O) groups is 1. The summed E-state index contributed by atoms with van der Waals surface area (Å²) >= 11 is 0. The normalized spacial score (nSPS) is 11.0. The van der Waals surface area contributed by atoms with Crippen LogP contribution in [0.2, 0.25) is 0 Å². The zero-order chi connectivity index (χ0) is 15.2. The molecule has 108 valence electrons. The number of hydrazone groups is 1. The number of nitrogens with one attached hydrogen (secondary N) is 1. The highest BCUT2D eigenvalue weighted by atomic mass is 16.2. The van der Waals surface area contributed by atoms with Gasteiger partial charge in [0.25, 0.3) is 5.91 Å². The number of carbonyl (C=O) groups excluding carboxylic acids is 1. The van der Waals surface area contributed by atoms with Crippen molar-refractivity contribution < 1.29 is 9.36 Å². The van der Waals surface area contributed by atoms with Crippen molar-refractivity contribution in [3.8, 4) is 0 Å². The highest BCUT2D eigenvalue weighted by molar-refractivity contribution is 5.94. The van der Waals surface area contributed by atoms with Crippen molar-refractivity contribution in [3.63, 3.8) is 0 Å². The van der Waals surface area contributed by atoms with Gasteiger partial charge in [-0.05, 0) is 23.1 Å². The van der Waals surface area contributed by atoms with Crippen molar-refractivity contribution in [1.82, 2.24) is 5.43 Å². The maximum absolute atomic E-state index is 11.9. The first-order chi connectivity index (χ1) is 10.1. The number of aryl methyl sites for hydroxylation is 1. The first-order valence-electron chi connectivity index (χ1n) is 6.95. The molecule has 0 spiro atoms. The molecule has 2 rings (SSSR count). The van der Waals surface area contributed by atoms with E-state index in [9.17, 15) is 4.79 Å². The Kier molecular flexibility index (Phi) is 4.82. The molecule has 0 unspecified atom stereocenters. The van der Waals surface area contributed by atoms with E-state index in [-0.39, 0.29) is 5.91 Å². The Bertz CT molecular complexity index is 645. The third-order valence-corrected chi connectivity index (χ3v) is 3.18. The summed E-state index contributed by atoms with van der Waals surface area (Å²) in [5, 5.41) is 3.99. The van der Waals surface area contributed by atoms with E-state index in [0.717, 1.165) is 5.56 Å². The molecule has 1 N–H and O–H groups in total. The second kappa shape index (κ2) is 6.79. The van der Waals surface area contributed by atoms with Gasteiger partial charge in [0.05, 0.1) is 6.21 Å². The Balaban J connectivity index is 1.97. The van der Waals surface area contributed by atoms with E-state index < -0.39 is 0 Å². The van der Waals surface area contributed by atoms with Gasteiger partial charge in [0.15, 0.2) is 12.4 Å². The highest BCUT2D eigenvalue weighted by Crippen LogP contribution is 2.13. The van der Waals surface area contributed by atoms with E-state index in [1.165, 1.54) is 5.56 Å². The lowest BCUT2D eigenvalue weighted by molar-refractivity contribution is -0.671. The number of rotatable bonds is 4. The second-order valence-corrected chi connectivity index (χ2v) is 5.28. The molecular weight excluding hydrogens is 262 g/mol. The molecule has 0 atom stereocenters. The van der Waals surface area contributed by atoms with Crippen molar-refractivity contribution in [2.75, 3.05) is 0 Å². The maximum Gasteiger partial charge on any atom is 0.277 e. The number of hydrogen-bond acceptors (Lipinski definition) is 2. The van der Waals surface area contributed by atoms with Gasteiger partial charge in [-0.1, -0.05) is 38.1 Å². The van der Waals surface area contributed by atoms with E-state index in [1.54, 1.807) is 18.5 Å². The molecule has 1 heterocycles. The molecule has 0 aliphatic rings. The summed E-state index contributed by atoms with van der Waals surface area (Å²) in [6.07, 6.45) is 5.27. The quantitative estimate of drug-likeness (QED) is 0.522. The Morgan fingerprint density at radius 2 is 1.95 bits per heavy atom. The van der Waals surface area contributed by atoms with Crippen molar-refractivity contribution in [1.29, 1.82) is 0 Å². The number of amides is 1. The molecule has 1 aromatic carbocycles. The van der Waals surface area contributed by atoms with Crippen molar-refractivity contribution in [2.24, 2.45) is 12.1 Å². The van der Waals surface area contributed by atoms with Crippen molar-refractivity contribution in [3.05, 3.63) is 65.5 Å². The number of nitrogens with zero attached hydrogens (tertiary/aromatic N) is 2. The van der Waals surface area contributed by atoms with E-state index in [2.05, 4.69) is 36.5 Å². The lowest BCUT2D eigenvalue weighted by Crippen LogP contribution is -2.29. The molecule has 1 amide bonds. The van der Waals surface area contributed by atoms with Gasteiger partial charge >= 0.3 is 0 Å². The number of pyridine rings is 1. The van der Waals surface area contributed by atoms with Gasteiger partial charge in [-0.15, -0.1) is 0 Å². The van der Waals surface area contributed by atoms with E-state index >= 15 is 0 Å². The molecule has 21 heavy (non-hydrogen) atoms. The zero-order valence-corrected chi connectivity index (χ0v) is 12.6. The molecule has 0 saturated carbocycles. The summed E-state index contributed by atoms with van der Waals surface area (Å²) in [6, 6.07) is 11.7. The van der Waals surface area contributed by atoms with Crippen LogP contribution < -0.4 is 9.99 Å². The van der Waals surface area contributed by atoms with Gasteiger partial charge in [-0.2, -0.15) is 5.10 Å². The van der Waals surface area contributed by atoms with E-state index in [1.807, 2.05) is 36.0 Å². The van der Waals surface area contributed by atoms with Crippen LogP contribution in [-0.2, 0) is 7.05 Å². The molecule has 4 nitrogen and oxygen atoms in total. The summed E-state index contributed by atoms with van der Waals surface area (Å²) in [5.41, 5.74) is 5.35. The molecule has 4 heteroatoms. The average molecular weight is 282 g/mol. The third kappa shape index (κ3) is 4.24. The fraction of sp³-hybridized carbons (Fsp3) is 0.235. The molecule has 0 saturated heterocycles. The number of aromatic nitrogens is 1. The third-order valence-electron chi connectivity index (χ3n) is 3.18. The van der Waals surface area contributed by atoms with Gasteiger partial charge in [0, 0.05) is 6.07 Å². The molecule has 0 bridgehead atoms. The Morgan fingerprint density at radius 1 is 1.24 bits per heavy atom. The standard InChI is InChI=1S/C17H19N3O/c1-13(2)15-8-6-14(7-9-15)11-18-19-17(21)16-5-4-10-20(3)12-16/h4-13H,1-3H3/p+1. The average Bonchev–Trinajstić information content (AvgIpc) is 2.47. The van der Waals surface area contributed by atoms with Gasteiger partial charge in [-0.3, -0.25) is 4.79 Å². The van der Waals surface area contributed by atoms with Crippen LogP contribution in [0.25, 0.3) is 0 Å². The largest absolute Gasteiger partial charge is 0.277 e. The van der Waals surface area contributed by atoms with Crippen LogP contribution in [0, 0.1) is 0 Å². The van der Waals surface area contributed by atoms with Gasteiger partial charge < -0.3 is 0 Å². The molecule has 0 aliphatic heterocycles. The van der Waals surface area contributed by atoms with Crippen LogP contribution in [0.15, 0.2) is 53.9 Å². The van der Waals surface area contributed by atoms with Crippen molar-refractivity contribution in [2.45, 2.75) is 19.8 Å². The van der Waals surface area contributed by atoms with E-state index in [0.29, 0.717) is 11.5 Å². The summed E-state index contributed by atoms with van der Waals surface area (Å²) in [5.74, 6) is 0.288. The smallest absolute Gasteiger partial charge is 0.267 e. The summed E-state index contributed by atoms with van der Waals surface area (Å²) in [6.45, 7) is 4.31. The minimum absolute atomic E-state index is 0.221. The maximum atomic E-state index is 11.9. The summed E-state index contributed by atoms with van der Waals surface area (Å²) in [4.78, 5) is 11.9. The fourth-order valence-electron chi connectivity index (χ4n) is 1.92. The Morgan fingerprint density at radius 3 is 2.57 bits per heavy atom. The van der Waals surface area contributed by atoms with Crippen LogP contribution in [0.4, 0.5) is 0 Å². The lowest BCUT2D eigenvalue weighted by atomic mass is 10.0. The number of benzene rings is 1. The molecule has 0 radical (unpaired) electrons. The molecule has 1 aromatic heterocycles. The Hall–Kier alpha value is -2.49. The van der Waals surface area contributed by atoms with Crippen molar-refractivity contribution >= 4 is 12.1 Å². The minimum atomic E-state index is -0.221. The van der Waals surface area contributed by atoms with Crippen LogP contribution in [0.3, 0.4) is 0 Å². The molecule has 0 aliphatic carbocycles. The van der Waals surface area contributed by atoms with Gasteiger partial charge in [0.1, 0.15) is 12.6 Å². The highest BCUT2D eigenvalue weighted by Gasteiger charge is 2.07. The second-order valence-electron chi connectivity index (χ2n) is 5.28. The van der Waals surface area contributed by atoms with Gasteiger partial charge in [0.2, 0.25) is 0 Å². The zero-order valence-electron chi connectivity index (χ0n) is 12.6. The van der Waals surface area contributed by atoms with Crippen LogP contribution >= 0.6 is 0 Å². The van der Waals surface area contributed by atoms with Crippen LogP contribution in [0.5, 0.6) is 0 Å². The molecule has 2 aromatic rings. The SMILES string of the molecule is CC(C)c1ccc(C=NNC(=O)c2ccc[n+](C)c2)cc1. The molecule has 0 fully saturated rings. The lowest BCUT2D eigenvalue weighted by Gasteiger charge is -2.04. The summed E-state index contributed by atoms with van der Waals surface area (Å²) < 4.78 is 1.82. The van der Waals surface area contributed by atoms with Crippen LogP contribution in [-0.4, -0.2) is 12.1 Å². The predicted octanol–water partition coefficient (Wildman–Crippen LogP) is 2.40. The topological polar surface area (TPSA) is 45.3 Å². The molecular formula is C17H20N3O+. The monoisotopic (exact) mass is 282 g/mol. The first kappa shape index (κ1) is 14.9. The first-order valence-corrected chi connectivity index (χ1v) is 6.95. The minimum Gasteiger partial charge on any atom is -0.267 e. The number of hydrogen-bond donors (Lipinski definition) is 1. The fourth-order valence-corrected chi connectivity index (χ4v) is 1.92. The van der Waals surface area contributed by atoms with E-state index in [4.69, 9.17) is 0 Å². The predicted molar refractivity (Wildman–Crippen MR) is 83.2 cm³/mol. The summed E-state index contributed by atoms with van der Waals surface area (Å²) in [7, 11) is 1.87. The van der Waals surface area contributed by atoms with Crippen LogP contribution in [0.1, 0.15) is 41.3 Å².